The summed E-state index contributed by atoms with van der Waals surface area (Å²) in [5, 5.41) is 12.3. The third-order valence-electron chi connectivity index (χ3n) is 6.18. The molecule has 0 radical (unpaired) electrons. The second-order valence-electron chi connectivity index (χ2n) is 8.83. The zero-order valence-electron chi connectivity index (χ0n) is 19.6. The van der Waals surface area contributed by atoms with Crippen LogP contribution in [0.1, 0.15) is 24.0 Å². The van der Waals surface area contributed by atoms with E-state index < -0.39 is 54.5 Å². The van der Waals surface area contributed by atoms with Crippen LogP contribution < -0.4 is 14.8 Å². The molecule has 2 aliphatic heterocycles. The number of benzene rings is 2. The molecule has 2 aliphatic rings. The number of amides is 3. The quantitative estimate of drug-likeness (QED) is 0.519. The van der Waals surface area contributed by atoms with Crippen molar-refractivity contribution in [1.82, 2.24) is 15.1 Å². The van der Waals surface area contributed by atoms with Crippen molar-refractivity contribution in [3.8, 4) is 11.5 Å². The van der Waals surface area contributed by atoms with E-state index in [2.05, 4.69) is 10.1 Å². The summed E-state index contributed by atoms with van der Waals surface area (Å²) in [5.41, 5.74) is 1.11. The molecule has 204 valence electrons. The Labute approximate surface area is 218 Å². The Morgan fingerprint density at radius 3 is 2.45 bits per heavy atom. The predicted molar refractivity (Wildman–Crippen MR) is 124 cm³/mol. The molecule has 2 heterocycles. The van der Waals surface area contributed by atoms with Gasteiger partial charge >= 0.3 is 12.5 Å². The average Bonchev–Trinajstić information content (AvgIpc) is 3.26. The molecule has 2 aromatic carbocycles. The SMILES string of the molecule is O=C(COc1ccc(Cl)c(F)c1)N[C@H]1CC[C@H](C(=O)N2Cc3ccc(OC(F)(F)F)cc3C2)N(C(=O)O)C1. The fourth-order valence-electron chi connectivity index (χ4n) is 4.48. The lowest BCUT2D eigenvalue weighted by Crippen LogP contribution is -2.58. The van der Waals surface area contributed by atoms with E-state index in [1.54, 1.807) is 0 Å². The van der Waals surface area contributed by atoms with Crippen LogP contribution in [-0.4, -0.2) is 64.4 Å². The second kappa shape index (κ2) is 10.9. The molecule has 0 saturated carbocycles. The summed E-state index contributed by atoms with van der Waals surface area (Å²) in [6.45, 7) is -0.473. The Morgan fingerprint density at radius 1 is 1.05 bits per heavy atom. The van der Waals surface area contributed by atoms with Crippen molar-refractivity contribution < 1.29 is 46.5 Å². The average molecular weight is 560 g/mol. The van der Waals surface area contributed by atoms with Crippen LogP contribution in [0.3, 0.4) is 0 Å². The standard InChI is InChI=1S/C24H22ClF4N3O6/c25-18-5-4-16(8-19(18)26)37-12-21(33)30-15-2-6-20(32(11-15)23(35)36)22(34)31-9-13-1-3-17(7-14(13)10-31)38-24(27,28)29/h1,3-5,7-8,15,20H,2,6,9-12H2,(H,30,33)(H,35,36)/t15-,20+/m0/s1. The third kappa shape index (κ3) is 6.57. The lowest BCUT2D eigenvalue weighted by atomic mass is 9.97. The maximum Gasteiger partial charge on any atom is 0.573 e. The van der Waals surface area contributed by atoms with Gasteiger partial charge in [-0.2, -0.15) is 0 Å². The van der Waals surface area contributed by atoms with Gasteiger partial charge in [-0.15, -0.1) is 13.2 Å². The molecule has 1 saturated heterocycles. The molecule has 2 atom stereocenters. The zero-order chi connectivity index (χ0) is 27.6. The van der Waals surface area contributed by atoms with Crippen LogP contribution in [0.15, 0.2) is 36.4 Å². The van der Waals surface area contributed by atoms with Gasteiger partial charge in [-0.3, -0.25) is 14.5 Å². The molecule has 2 aromatic rings. The number of hydrogen-bond donors (Lipinski definition) is 2. The molecule has 14 heteroatoms. The van der Waals surface area contributed by atoms with Gasteiger partial charge in [-0.05, 0) is 48.2 Å². The Bertz CT molecular complexity index is 1240. The minimum absolute atomic E-state index is 0.00990. The summed E-state index contributed by atoms with van der Waals surface area (Å²) < 4.78 is 60.2. The normalized spacial score (nSPS) is 19.1. The first-order valence-electron chi connectivity index (χ1n) is 11.4. The van der Waals surface area contributed by atoms with E-state index in [0.29, 0.717) is 17.5 Å². The van der Waals surface area contributed by atoms with Gasteiger partial charge in [-0.25, -0.2) is 9.18 Å². The number of nitrogens with zero attached hydrogens (tertiary/aromatic N) is 2. The smallest absolute Gasteiger partial charge is 0.484 e. The minimum atomic E-state index is -4.85. The van der Waals surface area contributed by atoms with E-state index in [-0.39, 0.29) is 36.8 Å². The highest BCUT2D eigenvalue weighted by Crippen LogP contribution is 2.31. The highest BCUT2D eigenvalue weighted by molar-refractivity contribution is 6.30. The van der Waals surface area contributed by atoms with E-state index in [1.165, 1.54) is 29.2 Å². The molecular weight excluding hydrogens is 538 g/mol. The van der Waals surface area contributed by atoms with Crippen molar-refractivity contribution in [2.45, 2.75) is 44.4 Å². The molecule has 0 unspecified atom stereocenters. The van der Waals surface area contributed by atoms with Crippen molar-refractivity contribution in [3.05, 3.63) is 58.4 Å². The van der Waals surface area contributed by atoms with Crippen molar-refractivity contribution in [1.29, 1.82) is 0 Å². The number of piperidine rings is 1. The summed E-state index contributed by atoms with van der Waals surface area (Å²) in [4.78, 5) is 39.7. The Balaban J connectivity index is 1.33. The summed E-state index contributed by atoms with van der Waals surface area (Å²) >= 11 is 5.61. The maximum atomic E-state index is 13.5. The number of nitrogens with one attached hydrogen (secondary N) is 1. The lowest BCUT2D eigenvalue weighted by Gasteiger charge is -2.38. The van der Waals surface area contributed by atoms with Crippen molar-refractivity contribution in [2.75, 3.05) is 13.2 Å². The number of fused-ring (bicyclic) bond motifs is 1. The van der Waals surface area contributed by atoms with Crippen LogP contribution in [0.2, 0.25) is 5.02 Å². The number of carbonyl (C=O) groups excluding carboxylic acids is 2. The van der Waals surface area contributed by atoms with E-state index in [9.17, 15) is 37.1 Å². The monoisotopic (exact) mass is 559 g/mol. The van der Waals surface area contributed by atoms with Gasteiger partial charge in [0.1, 0.15) is 23.4 Å². The topological polar surface area (TPSA) is 108 Å². The van der Waals surface area contributed by atoms with Crippen LogP contribution in [0.4, 0.5) is 22.4 Å². The van der Waals surface area contributed by atoms with Crippen LogP contribution in [0, 0.1) is 5.82 Å². The zero-order valence-corrected chi connectivity index (χ0v) is 20.4. The van der Waals surface area contributed by atoms with Gasteiger partial charge in [0.25, 0.3) is 5.91 Å². The molecule has 38 heavy (non-hydrogen) atoms. The molecule has 2 N–H and O–H groups in total. The maximum absolute atomic E-state index is 13.5. The number of rotatable bonds is 6. The number of carboxylic acid groups (broad SMARTS) is 1. The fourth-order valence-corrected chi connectivity index (χ4v) is 4.59. The minimum Gasteiger partial charge on any atom is -0.484 e. The number of halogens is 5. The first kappa shape index (κ1) is 27.3. The Kier molecular flexibility index (Phi) is 7.86. The van der Waals surface area contributed by atoms with E-state index in [1.807, 2.05) is 0 Å². The first-order chi connectivity index (χ1) is 17.9. The number of carbonyl (C=O) groups is 3. The first-order valence-corrected chi connectivity index (χ1v) is 11.8. The van der Waals surface area contributed by atoms with Gasteiger partial charge in [0.2, 0.25) is 5.91 Å². The molecule has 3 amide bonds. The Hall–Kier alpha value is -3.74. The van der Waals surface area contributed by atoms with Crippen LogP contribution in [0.5, 0.6) is 11.5 Å². The van der Waals surface area contributed by atoms with Crippen molar-refractivity contribution >= 4 is 29.5 Å². The largest absolute Gasteiger partial charge is 0.573 e. The summed E-state index contributed by atoms with van der Waals surface area (Å²) in [7, 11) is 0. The summed E-state index contributed by atoms with van der Waals surface area (Å²) in [6, 6.07) is 5.89. The highest BCUT2D eigenvalue weighted by Gasteiger charge is 2.40. The van der Waals surface area contributed by atoms with Gasteiger partial charge in [0.15, 0.2) is 6.61 Å². The van der Waals surface area contributed by atoms with Gasteiger partial charge in [0, 0.05) is 31.7 Å². The van der Waals surface area contributed by atoms with Crippen molar-refractivity contribution in [3.63, 3.8) is 0 Å². The van der Waals surface area contributed by atoms with Crippen LogP contribution in [0.25, 0.3) is 0 Å². The predicted octanol–water partition coefficient (Wildman–Crippen LogP) is 3.93. The molecule has 0 aromatic heterocycles. The van der Waals surface area contributed by atoms with E-state index in [0.717, 1.165) is 17.0 Å². The summed E-state index contributed by atoms with van der Waals surface area (Å²) in [6.07, 6.45) is -5.79. The third-order valence-corrected chi connectivity index (χ3v) is 6.49. The van der Waals surface area contributed by atoms with E-state index in [4.69, 9.17) is 16.3 Å². The molecule has 9 nitrogen and oxygen atoms in total. The van der Waals surface area contributed by atoms with Crippen LogP contribution >= 0.6 is 11.6 Å². The summed E-state index contributed by atoms with van der Waals surface area (Å²) in [5.74, 6) is -2.07. The highest BCUT2D eigenvalue weighted by atomic mass is 35.5. The lowest BCUT2D eigenvalue weighted by molar-refractivity contribution is -0.274. The van der Waals surface area contributed by atoms with Gasteiger partial charge in [0.05, 0.1) is 5.02 Å². The van der Waals surface area contributed by atoms with Gasteiger partial charge in [-0.1, -0.05) is 17.7 Å². The second-order valence-corrected chi connectivity index (χ2v) is 9.24. The van der Waals surface area contributed by atoms with Crippen molar-refractivity contribution in [2.24, 2.45) is 0 Å². The van der Waals surface area contributed by atoms with E-state index >= 15 is 0 Å². The number of likely N-dealkylation sites (tertiary alicyclic amines) is 1. The van der Waals surface area contributed by atoms with Crippen LogP contribution in [-0.2, 0) is 22.7 Å². The number of alkyl halides is 3. The molecule has 0 aliphatic carbocycles. The van der Waals surface area contributed by atoms with Gasteiger partial charge < -0.3 is 24.8 Å². The molecule has 1 fully saturated rings. The number of ether oxygens (including phenoxy) is 2. The number of hydrogen-bond acceptors (Lipinski definition) is 5. The molecular formula is C24H22ClF4N3O6. The Morgan fingerprint density at radius 2 is 1.76 bits per heavy atom. The molecule has 4 rings (SSSR count). The molecule has 0 bridgehead atoms. The molecule has 0 spiro atoms. The fraction of sp³-hybridized carbons (Fsp3) is 0.375.